The van der Waals surface area contributed by atoms with Crippen LogP contribution in [0.5, 0.6) is 0 Å². The first-order valence-electron chi connectivity index (χ1n) is 5.96. The molecule has 0 radical (unpaired) electrons. The van der Waals surface area contributed by atoms with Crippen LogP contribution < -0.4 is 5.32 Å². The molecule has 2 aliphatic carbocycles. The summed E-state index contributed by atoms with van der Waals surface area (Å²) in [5, 5.41) is 12.1. The van der Waals surface area contributed by atoms with E-state index in [0.29, 0.717) is 18.8 Å². The van der Waals surface area contributed by atoms with Crippen LogP contribution in [0.2, 0.25) is 0 Å². The van der Waals surface area contributed by atoms with Gasteiger partial charge in [-0.1, -0.05) is 6.92 Å². The molecule has 0 aliphatic heterocycles. The fourth-order valence-corrected chi connectivity index (χ4v) is 2.56. The molecule has 16 heavy (non-hydrogen) atoms. The second-order valence-corrected chi connectivity index (χ2v) is 5.68. The third-order valence-corrected chi connectivity index (χ3v) is 3.88. The molecule has 4 nitrogen and oxygen atoms in total. The molecule has 4 heteroatoms. The van der Waals surface area contributed by atoms with E-state index < -0.39 is 11.9 Å². The van der Waals surface area contributed by atoms with Gasteiger partial charge in [0.2, 0.25) is 5.91 Å². The first-order valence-corrected chi connectivity index (χ1v) is 5.96. The average molecular weight is 225 g/mol. The first kappa shape index (κ1) is 11.4. The molecular weight excluding hydrogens is 206 g/mol. The summed E-state index contributed by atoms with van der Waals surface area (Å²) in [4.78, 5) is 23.1. The number of carboxylic acids is 1. The van der Waals surface area contributed by atoms with Crippen molar-refractivity contribution >= 4 is 11.9 Å². The summed E-state index contributed by atoms with van der Waals surface area (Å²) < 4.78 is 0. The topological polar surface area (TPSA) is 66.4 Å². The maximum absolute atomic E-state index is 12.0. The molecule has 2 aliphatic rings. The van der Waals surface area contributed by atoms with Gasteiger partial charge in [0.1, 0.15) is 0 Å². The Kier molecular flexibility index (Phi) is 2.68. The molecule has 2 fully saturated rings. The highest BCUT2D eigenvalue weighted by Gasteiger charge is 2.45. The first-order chi connectivity index (χ1) is 7.41. The summed E-state index contributed by atoms with van der Waals surface area (Å²) in [6, 6.07) is 0. The minimum atomic E-state index is -0.828. The summed E-state index contributed by atoms with van der Waals surface area (Å²) >= 11 is 0. The monoisotopic (exact) mass is 225 g/mol. The second-order valence-electron chi connectivity index (χ2n) is 5.68. The van der Waals surface area contributed by atoms with E-state index in [2.05, 4.69) is 5.32 Å². The molecule has 3 atom stereocenters. The molecular formula is C12H19NO3. The van der Waals surface area contributed by atoms with E-state index in [1.807, 2.05) is 13.8 Å². The lowest BCUT2D eigenvalue weighted by atomic mass is 9.95. The van der Waals surface area contributed by atoms with Crippen molar-refractivity contribution in [1.29, 1.82) is 0 Å². The number of hydrogen-bond acceptors (Lipinski definition) is 2. The molecule has 3 unspecified atom stereocenters. The van der Waals surface area contributed by atoms with Crippen LogP contribution >= 0.6 is 0 Å². The fourth-order valence-electron chi connectivity index (χ4n) is 2.56. The Morgan fingerprint density at radius 1 is 1.25 bits per heavy atom. The molecule has 0 bridgehead atoms. The largest absolute Gasteiger partial charge is 0.481 e. The SMILES string of the molecule is CC1CC(C(=O)O)C(C(=O)NC2(C)CC2)C1. The summed E-state index contributed by atoms with van der Waals surface area (Å²) in [6.07, 6.45) is 3.36. The van der Waals surface area contributed by atoms with Crippen molar-refractivity contribution in [1.82, 2.24) is 5.32 Å². The molecule has 1 amide bonds. The van der Waals surface area contributed by atoms with Gasteiger partial charge in [0.05, 0.1) is 11.8 Å². The molecule has 90 valence electrons. The van der Waals surface area contributed by atoms with E-state index in [1.54, 1.807) is 0 Å². The summed E-state index contributed by atoms with van der Waals surface area (Å²) in [6.45, 7) is 4.03. The van der Waals surface area contributed by atoms with E-state index in [9.17, 15) is 9.59 Å². The molecule has 0 saturated heterocycles. The third kappa shape index (κ3) is 2.20. The van der Waals surface area contributed by atoms with Crippen LogP contribution in [0.3, 0.4) is 0 Å². The number of aliphatic carboxylic acids is 1. The lowest BCUT2D eigenvalue weighted by Crippen LogP contribution is -2.41. The summed E-state index contributed by atoms with van der Waals surface area (Å²) in [5.74, 6) is -1.37. The quantitative estimate of drug-likeness (QED) is 0.763. The highest BCUT2D eigenvalue weighted by atomic mass is 16.4. The highest BCUT2D eigenvalue weighted by molar-refractivity contribution is 5.86. The minimum absolute atomic E-state index is 0.0496. The Morgan fingerprint density at radius 2 is 1.81 bits per heavy atom. The van der Waals surface area contributed by atoms with E-state index in [4.69, 9.17) is 5.11 Å². The number of rotatable bonds is 3. The van der Waals surface area contributed by atoms with Crippen LogP contribution in [0.25, 0.3) is 0 Å². The van der Waals surface area contributed by atoms with Crippen molar-refractivity contribution in [2.45, 2.75) is 45.1 Å². The van der Waals surface area contributed by atoms with Crippen LogP contribution in [0.15, 0.2) is 0 Å². The predicted molar refractivity (Wildman–Crippen MR) is 58.8 cm³/mol. The van der Waals surface area contributed by atoms with Crippen LogP contribution in [-0.4, -0.2) is 22.5 Å². The summed E-state index contributed by atoms with van der Waals surface area (Å²) in [5.41, 5.74) is -0.0496. The zero-order valence-electron chi connectivity index (χ0n) is 9.82. The molecule has 0 spiro atoms. The number of carbonyl (C=O) groups excluding carboxylic acids is 1. The van der Waals surface area contributed by atoms with Gasteiger partial charge in [-0.25, -0.2) is 0 Å². The van der Waals surface area contributed by atoms with Crippen LogP contribution in [0.1, 0.15) is 39.5 Å². The van der Waals surface area contributed by atoms with E-state index in [1.165, 1.54) is 0 Å². The highest BCUT2D eigenvalue weighted by Crippen LogP contribution is 2.39. The van der Waals surface area contributed by atoms with Crippen molar-refractivity contribution in [3.63, 3.8) is 0 Å². The zero-order chi connectivity index (χ0) is 11.9. The number of carbonyl (C=O) groups is 2. The van der Waals surface area contributed by atoms with Gasteiger partial charge in [0.25, 0.3) is 0 Å². The van der Waals surface area contributed by atoms with Gasteiger partial charge in [-0.2, -0.15) is 0 Å². The molecule has 0 aromatic rings. The van der Waals surface area contributed by atoms with Gasteiger partial charge in [-0.15, -0.1) is 0 Å². The van der Waals surface area contributed by atoms with Crippen LogP contribution in [-0.2, 0) is 9.59 Å². The van der Waals surface area contributed by atoms with Gasteiger partial charge in [0.15, 0.2) is 0 Å². The Labute approximate surface area is 95.4 Å². The molecule has 2 rings (SSSR count). The van der Waals surface area contributed by atoms with Crippen LogP contribution in [0, 0.1) is 17.8 Å². The van der Waals surface area contributed by atoms with Gasteiger partial charge < -0.3 is 10.4 Å². The van der Waals surface area contributed by atoms with Gasteiger partial charge in [-0.3, -0.25) is 9.59 Å². The van der Waals surface area contributed by atoms with Gasteiger partial charge >= 0.3 is 5.97 Å². The standard InChI is InChI=1S/C12H19NO3/c1-7-5-8(9(6-7)11(15)16)10(14)13-12(2)3-4-12/h7-9H,3-6H2,1-2H3,(H,13,14)(H,15,16). The summed E-state index contributed by atoms with van der Waals surface area (Å²) in [7, 11) is 0. The second kappa shape index (κ2) is 3.75. The zero-order valence-corrected chi connectivity index (χ0v) is 9.82. The van der Waals surface area contributed by atoms with Crippen molar-refractivity contribution in [3.05, 3.63) is 0 Å². The van der Waals surface area contributed by atoms with Crippen molar-refractivity contribution < 1.29 is 14.7 Å². The average Bonchev–Trinajstić information content (AvgIpc) is 2.76. The van der Waals surface area contributed by atoms with Crippen molar-refractivity contribution in [2.24, 2.45) is 17.8 Å². The van der Waals surface area contributed by atoms with Gasteiger partial charge in [-0.05, 0) is 38.5 Å². The molecule has 2 N–H and O–H groups in total. The van der Waals surface area contributed by atoms with Crippen LogP contribution in [0.4, 0.5) is 0 Å². The fraction of sp³-hybridized carbons (Fsp3) is 0.833. The smallest absolute Gasteiger partial charge is 0.307 e. The number of nitrogens with one attached hydrogen (secondary N) is 1. The Morgan fingerprint density at radius 3 is 2.31 bits per heavy atom. The number of hydrogen-bond donors (Lipinski definition) is 2. The molecule has 0 heterocycles. The normalized spacial score (nSPS) is 35.8. The predicted octanol–water partition coefficient (Wildman–Crippen LogP) is 1.40. The lowest BCUT2D eigenvalue weighted by Gasteiger charge is -2.18. The molecule has 2 saturated carbocycles. The Hall–Kier alpha value is -1.06. The number of carboxylic acid groups (broad SMARTS) is 1. The van der Waals surface area contributed by atoms with E-state index >= 15 is 0 Å². The Bertz CT molecular complexity index is 322. The van der Waals surface area contributed by atoms with Gasteiger partial charge in [0, 0.05) is 5.54 Å². The lowest BCUT2D eigenvalue weighted by molar-refractivity contribution is -0.146. The maximum atomic E-state index is 12.0. The number of amides is 1. The van der Waals surface area contributed by atoms with Crippen molar-refractivity contribution in [2.75, 3.05) is 0 Å². The molecule has 0 aromatic carbocycles. The van der Waals surface area contributed by atoms with E-state index in [0.717, 1.165) is 12.8 Å². The third-order valence-electron chi connectivity index (χ3n) is 3.88. The van der Waals surface area contributed by atoms with Crippen molar-refractivity contribution in [3.8, 4) is 0 Å². The Balaban J connectivity index is 2.01. The maximum Gasteiger partial charge on any atom is 0.307 e. The van der Waals surface area contributed by atoms with E-state index in [-0.39, 0.29) is 17.4 Å². The molecule has 0 aromatic heterocycles. The minimum Gasteiger partial charge on any atom is -0.481 e.